The molecule has 0 aliphatic rings. The van der Waals surface area contributed by atoms with Gasteiger partial charge in [-0.3, -0.25) is 0 Å². The quantitative estimate of drug-likeness (QED) is 0.653. The third-order valence-corrected chi connectivity index (χ3v) is 3.17. The molecule has 0 aromatic heterocycles. The molecule has 0 aliphatic heterocycles. The molecule has 0 amide bonds. The summed E-state index contributed by atoms with van der Waals surface area (Å²) >= 11 is 5.95. The van der Waals surface area contributed by atoms with Gasteiger partial charge < -0.3 is 5.73 Å². The van der Waals surface area contributed by atoms with E-state index >= 15 is 0 Å². The van der Waals surface area contributed by atoms with Crippen molar-refractivity contribution in [3.8, 4) is 0 Å². The van der Waals surface area contributed by atoms with Crippen LogP contribution in [-0.4, -0.2) is 6.04 Å². The molecule has 0 radical (unpaired) electrons. The molecule has 1 rings (SSSR count). The lowest BCUT2D eigenvalue weighted by atomic mass is 10.1. The predicted octanol–water partition coefficient (Wildman–Crippen LogP) is 3.38. The highest BCUT2D eigenvalue weighted by Gasteiger charge is 2.16. The topological polar surface area (TPSA) is 26.0 Å². The zero-order valence-corrected chi connectivity index (χ0v) is 10.6. The lowest BCUT2D eigenvalue weighted by molar-refractivity contribution is 0.552. The van der Waals surface area contributed by atoms with Crippen molar-refractivity contribution in [2.75, 3.05) is 0 Å². The van der Waals surface area contributed by atoms with Gasteiger partial charge in [-0.05, 0) is 35.3 Å². The normalized spacial score (nSPS) is 13.0. The number of nitrogens with two attached hydrogens (primary N) is 1. The minimum atomic E-state index is -0.622. The van der Waals surface area contributed by atoms with Gasteiger partial charge in [-0.2, -0.15) is 0 Å². The summed E-state index contributed by atoms with van der Waals surface area (Å²) in [6.45, 7) is 1.77. The Morgan fingerprint density at radius 1 is 1.43 bits per heavy atom. The Morgan fingerprint density at radius 3 is 2.50 bits per heavy atom. The Balaban J connectivity index is 3.22. The molecule has 0 heterocycles. The van der Waals surface area contributed by atoms with Crippen LogP contribution in [0.2, 0.25) is 0 Å². The Morgan fingerprint density at radius 2 is 2.00 bits per heavy atom. The number of halogens is 4. The molecule has 1 unspecified atom stereocenters. The van der Waals surface area contributed by atoms with E-state index in [9.17, 15) is 8.78 Å². The fourth-order valence-corrected chi connectivity index (χ4v) is 2.00. The smallest absolute Gasteiger partial charge is 0.144 e. The van der Waals surface area contributed by atoms with E-state index < -0.39 is 11.6 Å². The van der Waals surface area contributed by atoms with Gasteiger partial charge in [0.15, 0.2) is 0 Å². The molecule has 14 heavy (non-hydrogen) atoms. The maximum atomic E-state index is 13.5. The first kappa shape index (κ1) is 12.1. The van der Waals surface area contributed by atoms with Crippen LogP contribution in [0.1, 0.15) is 12.5 Å². The molecular weight excluding hydrogens is 320 g/mol. The van der Waals surface area contributed by atoms with Crippen molar-refractivity contribution in [2.45, 2.75) is 19.4 Å². The van der Waals surface area contributed by atoms with Crippen molar-refractivity contribution in [1.29, 1.82) is 0 Å². The van der Waals surface area contributed by atoms with E-state index in [0.29, 0.717) is 16.5 Å². The molecule has 0 fully saturated rings. The van der Waals surface area contributed by atoms with E-state index in [-0.39, 0.29) is 10.5 Å². The Labute approximate surface area is 97.9 Å². The number of rotatable bonds is 2. The van der Waals surface area contributed by atoms with Crippen LogP contribution in [0.4, 0.5) is 8.78 Å². The van der Waals surface area contributed by atoms with Gasteiger partial charge in [0.1, 0.15) is 11.6 Å². The molecule has 0 bridgehead atoms. The summed E-state index contributed by atoms with van der Waals surface area (Å²) in [7, 11) is 0. The Bertz CT molecular complexity index is 353. The molecule has 0 saturated carbocycles. The molecule has 2 N–H and O–H groups in total. The SMILES string of the molecule is CC(N)Cc1c(Br)cc(F)c(Br)c1F. The van der Waals surface area contributed by atoms with Crippen LogP contribution in [0.3, 0.4) is 0 Å². The largest absolute Gasteiger partial charge is 0.328 e. The number of hydrogen-bond donors (Lipinski definition) is 1. The summed E-state index contributed by atoms with van der Waals surface area (Å²) in [5.41, 5.74) is 5.95. The molecule has 1 nitrogen and oxygen atoms in total. The Hall–Kier alpha value is -0.000000000000000111. The van der Waals surface area contributed by atoms with Gasteiger partial charge >= 0.3 is 0 Å². The van der Waals surface area contributed by atoms with E-state index in [1.54, 1.807) is 6.92 Å². The van der Waals surface area contributed by atoms with E-state index in [0.717, 1.165) is 0 Å². The molecule has 1 aromatic rings. The number of hydrogen-bond acceptors (Lipinski definition) is 1. The van der Waals surface area contributed by atoms with Crippen molar-refractivity contribution in [2.24, 2.45) is 5.73 Å². The van der Waals surface area contributed by atoms with Crippen molar-refractivity contribution < 1.29 is 8.78 Å². The molecule has 0 saturated heterocycles. The van der Waals surface area contributed by atoms with Gasteiger partial charge in [0.2, 0.25) is 0 Å². The van der Waals surface area contributed by atoms with Crippen molar-refractivity contribution in [3.05, 3.63) is 32.2 Å². The van der Waals surface area contributed by atoms with E-state index in [1.165, 1.54) is 6.07 Å². The first-order valence-electron chi connectivity index (χ1n) is 4.01. The van der Waals surface area contributed by atoms with Crippen molar-refractivity contribution >= 4 is 31.9 Å². The second kappa shape index (κ2) is 4.68. The highest BCUT2D eigenvalue weighted by molar-refractivity contribution is 9.11. The summed E-state index contributed by atoms with van der Waals surface area (Å²) in [4.78, 5) is 0. The fraction of sp³-hybridized carbons (Fsp3) is 0.333. The van der Waals surface area contributed by atoms with Gasteiger partial charge in [-0.25, -0.2) is 8.78 Å². The third-order valence-electron chi connectivity index (χ3n) is 1.74. The maximum absolute atomic E-state index is 13.5. The monoisotopic (exact) mass is 327 g/mol. The average Bonchev–Trinajstić information content (AvgIpc) is 2.09. The minimum Gasteiger partial charge on any atom is -0.328 e. The molecule has 1 aromatic carbocycles. The van der Waals surface area contributed by atoms with Crippen LogP contribution in [0.5, 0.6) is 0 Å². The van der Waals surface area contributed by atoms with Gasteiger partial charge in [-0.15, -0.1) is 0 Å². The van der Waals surface area contributed by atoms with Crippen molar-refractivity contribution in [1.82, 2.24) is 0 Å². The third kappa shape index (κ3) is 2.52. The van der Waals surface area contributed by atoms with Crippen molar-refractivity contribution in [3.63, 3.8) is 0 Å². The van der Waals surface area contributed by atoms with Gasteiger partial charge in [-0.1, -0.05) is 15.9 Å². The van der Waals surface area contributed by atoms with Crippen LogP contribution in [0.15, 0.2) is 15.0 Å². The molecule has 0 spiro atoms. The molecule has 0 aliphatic carbocycles. The van der Waals surface area contributed by atoms with E-state index in [1.807, 2.05) is 0 Å². The molecule has 5 heteroatoms. The first-order valence-corrected chi connectivity index (χ1v) is 5.59. The van der Waals surface area contributed by atoms with E-state index in [2.05, 4.69) is 31.9 Å². The lowest BCUT2D eigenvalue weighted by Gasteiger charge is -2.10. The fourth-order valence-electron chi connectivity index (χ4n) is 1.11. The maximum Gasteiger partial charge on any atom is 0.144 e. The molecule has 1 atom stereocenters. The first-order chi connectivity index (χ1) is 6.43. The van der Waals surface area contributed by atoms with Gasteiger partial charge in [0.05, 0.1) is 4.47 Å². The van der Waals surface area contributed by atoms with Crippen LogP contribution in [0.25, 0.3) is 0 Å². The molecular formula is C9H9Br2F2N. The van der Waals surface area contributed by atoms with Crippen LogP contribution in [0, 0.1) is 11.6 Å². The zero-order chi connectivity index (χ0) is 10.9. The van der Waals surface area contributed by atoms with Crippen LogP contribution < -0.4 is 5.73 Å². The second-order valence-electron chi connectivity index (χ2n) is 3.13. The lowest BCUT2D eigenvalue weighted by Crippen LogP contribution is -2.19. The summed E-state index contributed by atoms with van der Waals surface area (Å²) in [5.74, 6) is -1.21. The summed E-state index contributed by atoms with van der Waals surface area (Å²) in [6, 6.07) is 1.06. The minimum absolute atomic E-state index is 0.142. The molecule has 78 valence electrons. The van der Waals surface area contributed by atoms with Gasteiger partial charge in [0.25, 0.3) is 0 Å². The second-order valence-corrected chi connectivity index (χ2v) is 4.78. The Kier molecular flexibility index (Phi) is 4.04. The standard InChI is InChI=1S/C9H9Br2F2N/c1-4(14)2-5-6(10)3-7(12)8(11)9(5)13/h3-4H,2,14H2,1H3. The highest BCUT2D eigenvalue weighted by atomic mass is 79.9. The number of benzene rings is 1. The summed E-state index contributed by atoms with van der Waals surface area (Å²) in [5, 5.41) is 0. The van der Waals surface area contributed by atoms with Gasteiger partial charge in [0, 0.05) is 16.1 Å². The van der Waals surface area contributed by atoms with Crippen LogP contribution >= 0.6 is 31.9 Å². The zero-order valence-electron chi connectivity index (χ0n) is 7.45. The predicted molar refractivity (Wildman–Crippen MR) is 59.1 cm³/mol. The summed E-state index contributed by atoms with van der Waals surface area (Å²) in [6.07, 6.45) is 0.366. The highest BCUT2D eigenvalue weighted by Crippen LogP contribution is 2.29. The average molecular weight is 329 g/mol. The summed E-state index contributed by atoms with van der Waals surface area (Å²) < 4.78 is 26.8. The van der Waals surface area contributed by atoms with Crippen LogP contribution in [-0.2, 0) is 6.42 Å². The van der Waals surface area contributed by atoms with E-state index in [4.69, 9.17) is 5.73 Å².